The third-order valence-electron chi connectivity index (χ3n) is 5.05. The van der Waals surface area contributed by atoms with Gasteiger partial charge in [-0.3, -0.25) is 9.59 Å². The molecule has 0 unspecified atom stereocenters. The number of morpholine rings is 1. The number of nitrogen functional groups attached to an aromatic ring is 1. The summed E-state index contributed by atoms with van der Waals surface area (Å²) in [6, 6.07) is 7.09. The van der Waals surface area contributed by atoms with Gasteiger partial charge in [0.1, 0.15) is 21.6 Å². The lowest BCUT2D eigenvalue weighted by Gasteiger charge is -2.33. The number of nitrogens with one attached hydrogen (secondary N) is 1. The fraction of sp³-hybridized carbons (Fsp3) is 0.333. The van der Waals surface area contributed by atoms with E-state index in [0.717, 1.165) is 15.8 Å². The molecule has 3 aromatic rings. The normalized spacial score (nSPS) is 16.4. The van der Waals surface area contributed by atoms with Crippen molar-refractivity contribution in [3.05, 3.63) is 52.7 Å². The van der Waals surface area contributed by atoms with E-state index in [1.165, 1.54) is 11.3 Å². The van der Waals surface area contributed by atoms with Crippen molar-refractivity contribution in [2.45, 2.75) is 6.10 Å². The van der Waals surface area contributed by atoms with Crippen LogP contribution in [-0.2, 0) is 9.47 Å². The Bertz CT molecular complexity index is 1100. The molecule has 1 saturated heterocycles. The van der Waals surface area contributed by atoms with Crippen LogP contribution < -0.4 is 11.1 Å². The van der Waals surface area contributed by atoms with Crippen LogP contribution in [0.25, 0.3) is 10.2 Å². The van der Waals surface area contributed by atoms with E-state index >= 15 is 0 Å². The minimum atomic E-state index is -0.461. The highest BCUT2D eigenvalue weighted by molar-refractivity contribution is 7.20. The van der Waals surface area contributed by atoms with Crippen LogP contribution in [0.15, 0.2) is 36.7 Å². The molecule has 3 N–H and O–H groups in total. The molecule has 4 rings (SSSR count). The molecule has 31 heavy (non-hydrogen) atoms. The molecule has 0 spiro atoms. The van der Waals surface area contributed by atoms with Crippen LogP contribution >= 0.6 is 11.3 Å². The number of aromatic nitrogens is 2. The van der Waals surface area contributed by atoms with Gasteiger partial charge in [-0.25, -0.2) is 9.97 Å². The molecule has 162 valence electrons. The van der Waals surface area contributed by atoms with Crippen molar-refractivity contribution < 1.29 is 19.1 Å². The number of carbonyl (C=O) groups is 2. The standard InChI is InChI=1S/C21H23N5O4S/c1-29-10-8-24-19(27)17-16(13-4-2-7-25-20(13)31-17)15-12-26(9-11-30-15)21(28)14-5-3-6-23-18(14)22/h2-7,15H,8-12H2,1H3,(H2,22,23)(H,24,27)/t15-/m0/s1. The molecule has 10 heteroatoms. The predicted octanol–water partition coefficient (Wildman–Crippen LogP) is 1.86. The van der Waals surface area contributed by atoms with Crippen molar-refractivity contribution in [1.29, 1.82) is 0 Å². The maximum atomic E-state index is 13.0. The van der Waals surface area contributed by atoms with E-state index in [1.54, 1.807) is 36.5 Å². The van der Waals surface area contributed by atoms with Gasteiger partial charge in [0.15, 0.2) is 0 Å². The van der Waals surface area contributed by atoms with E-state index in [4.69, 9.17) is 15.2 Å². The fourth-order valence-electron chi connectivity index (χ4n) is 3.56. The molecule has 0 saturated carbocycles. The zero-order valence-electron chi connectivity index (χ0n) is 17.0. The summed E-state index contributed by atoms with van der Waals surface area (Å²) in [5.41, 5.74) is 7.00. The number of hydrogen-bond acceptors (Lipinski definition) is 8. The Hall–Kier alpha value is -3.08. The highest BCUT2D eigenvalue weighted by Gasteiger charge is 2.32. The van der Waals surface area contributed by atoms with Gasteiger partial charge in [0.25, 0.3) is 11.8 Å². The van der Waals surface area contributed by atoms with Gasteiger partial charge < -0.3 is 25.4 Å². The number of thiophene rings is 1. The van der Waals surface area contributed by atoms with Crippen LogP contribution in [0.3, 0.4) is 0 Å². The van der Waals surface area contributed by atoms with E-state index in [0.29, 0.717) is 43.3 Å². The number of methoxy groups -OCH3 is 1. The largest absolute Gasteiger partial charge is 0.383 e. The molecule has 4 heterocycles. The van der Waals surface area contributed by atoms with Crippen LogP contribution in [0, 0.1) is 0 Å². The smallest absolute Gasteiger partial charge is 0.261 e. The van der Waals surface area contributed by atoms with Gasteiger partial charge in [0, 0.05) is 43.5 Å². The van der Waals surface area contributed by atoms with E-state index < -0.39 is 6.10 Å². The number of nitrogens with two attached hydrogens (primary N) is 1. The van der Waals surface area contributed by atoms with Gasteiger partial charge in [-0.2, -0.15) is 0 Å². The SMILES string of the molecule is COCCNC(=O)c1sc2ncccc2c1[C@@H]1CN(C(=O)c2cccnc2N)CCO1. The average Bonchev–Trinajstić information content (AvgIpc) is 3.19. The van der Waals surface area contributed by atoms with Gasteiger partial charge in [0.2, 0.25) is 0 Å². The van der Waals surface area contributed by atoms with E-state index in [9.17, 15) is 9.59 Å². The Balaban J connectivity index is 1.64. The fourth-order valence-corrected chi connectivity index (χ4v) is 4.67. The Morgan fingerprint density at radius 3 is 2.94 bits per heavy atom. The van der Waals surface area contributed by atoms with Gasteiger partial charge in [-0.05, 0) is 18.2 Å². The molecule has 2 amide bonds. The minimum absolute atomic E-state index is 0.193. The lowest BCUT2D eigenvalue weighted by atomic mass is 10.0. The molecule has 0 aromatic carbocycles. The number of nitrogens with zero attached hydrogens (tertiary/aromatic N) is 3. The monoisotopic (exact) mass is 441 g/mol. The summed E-state index contributed by atoms with van der Waals surface area (Å²) < 4.78 is 11.0. The van der Waals surface area contributed by atoms with Gasteiger partial charge >= 0.3 is 0 Å². The van der Waals surface area contributed by atoms with E-state index in [1.807, 2.05) is 12.1 Å². The molecule has 0 radical (unpaired) electrons. The van der Waals surface area contributed by atoms with Crippen molar-refractivity contribution in [1.82, 2.24) is 20.2 Å². The summed E-state index contributed by atoms with van der Waals surface area (Å²) in [5, 5.41) is 3.72. The second kappa shape index (κ2) is 9.38. The molecular formula is C21H23N5O4S. The topological polar surface area (TPSA) is 120 Å². The van der Waals surface area contributed by atoms with E-state index in [-0.39, 0.29) is 17.6 Å². The maximum Gasteiger partial charge on any atom is 0.261 e. The maximum absolute atomic E-state index is 13.0. The van der Waals surface area contributed by atoms with E-state index in [2.05, 4.69) is 15.3 Å². The lowest BCUT2D eigenvalue weighted by Crippen LogP contribution is -2.43. The predicted molar refractivity (Wildman–Crippen MR) is 117 cm³/mol. The Morgan fingerprint density at radius 1 is 1.32 bits per heavy atom. The zero-order valence-corrected chi connectivity index (χ0v) is 17.9. The summed E-state index contributed by atoms with van der Waals surface area (Å²) in [4.78, 5) is 37.3. The first-order chi connectivity index (χ1) is 15.1. The van der Waals surface area contributed by atoms with Crippen LogP contribution in [0.4, 0.5) is 5.82 Å². The molecule has 3 aromatic heterocycles. The molecule has 1 aliphatic rings. The third kappa shape index (κ3) is 4.36. The second-order valence-corrected chi connectivity index (χ2v) is 8.00. The van der Waals surface area contributed by atoms with Gasteiger partial charge in [0.05, 0.1) is 25.3 Å². The molecular weight excluding hydrogens is 418 g/mol. The summed E-state index contributed by atoms with van der Waals surface area (Å²) in [7, 11) is 1.58. The number of fused-ring (bicyclic) bond motifs is 1. The molecule has 0 bridgehead atoms. The zero-order chi connectivity index (χ0) is 21.8. The summed E-state index contributed by atoms with van der Waals surface area (Å²) >= 11 is 1.31. The molecule has 1 atom stereocenters. The number of anilines is 1. The van der Waals surface area contributed by atoms with Crippen LogP contribution in [0.5, 0.6) is 0 Å². The quantitative estimate of drug-likeness (QED) is 0.560. The number of rotatable bonds is 6. The molecule has 1 fully saturated rings. The van der Waals surface area contributed by atoms with Crippen molar-refractivity contribution in [3.8, 4) is 0 Å². The number of pyridine rings is 2. The number of amides is 2. The Labute approximate surface area is 183 Å². The highest BCUT2D eigenvalue weighted by Crippen LogP contribution is 2.37. The highest BCUT2D eigenvalue weighted by atomic mass is 32.1. The summed E-state index contributed by atoms with van der Waals surface area (Å²) in [5.74, 6) is -0.222. The molecule has 9 nitrogen and oxygen atoms in total. The molecule has 1 aliphatic heterocycles. The number of carbonyl (C=O) groups excluding carboxylic acids is 2. The Kier molecular flexibility index (Phi) is 6.40. The van der Waals surface area contributed by atoms with Crippen molar-refractivity contribution in [2.75, 3.05) is 45.7 Å². The first-order valence-electron chi connectivity index (χ1n) is 9.86. The number of ether oxygens (including phenoxy) is 2. The first kappa shape index (κ1) is 21.2. The molecule has 0 aliphatic carbocycles. The van der Waals surface area contributed by atoms with Gasteiger partial charge in [-0.1, -0.05) is 6.07 Å². The van der Waals surface area contributed by atoms with Crippen LogP contribution in [-0.4, -0.2) is 66.6 Å². The number of hydrogen-bond donors (Lipinski definition) is 2. The average molecular weight is 442 g/mol. The first-order valence-corrected chi connectivity index (χ1v) is 10.7. The third-order valence-corrected chi connectivity index (χ3v) is 6.18. The van der Waals surface area contributed by atoms with Crippen molar-refractivity contribution in [2.24, 2.45) is 0 Å². The minimum Gasteiger partial charge on any atom is -0.383 e. The lowest BCUT2D eigenvalue weighted by molar-refractivity contribution is -0.0222. The summed E-state index contributed by atoms with van der Waals surface area (Å²) in [6.45, 7) is 1.89. The van der Waals surface area contributed by atoms with Crippen molar-refractivity contribution in [3.63, 3.8) is 0 Å². The van der Waals surface area contributed by atoms with Crippen LogP contribution in [0.2, 0.25) is 0 Å². The summed E-state index contributed by atoms with van der Waals surface area (Å²) in [6.07, 6.45) is 2.78. The van der Waals surface area contributed by atoms with Crippen LogP contribution in [0.1, 0.15) is 31.7 Å². The van der Waals surface area contributed by atoms with Crippen molar-refractivity contribution >= 4 is 39.2 Å². The Morgan fingerprint density at radius 2 is 2.13 bits per heavy atom. The van der Waals surface area contributed by atoms with Gasteiger partial charge in [-0.15, -0.1) is 11.3 Å². The second-order valence-electron chi connectivity index (χ2n) is 7.00.